The minimum atomic E-state index is -0.101. The Labute approximate surface area is 211 Å². The monoisotopic (exact) mass is 480 g/mol. The molecule has 1 unspecified atom stereocenters. The van der Waals surface area contributed by atoms with Gasteiger partial charge in [-0.2, -0.15) is 0 Å². The highest BCUT2D eigenvalue weighted by atomic mass is 16.1. The molecular formula is C29H32N6O. The summed E-state index contributed by atoms with van der Waals surface area (Å²) in [5, 5.41) is 7.10. The minimum absolute atomic E-state index is 0.101. The van der Waals surface area contributed by atoms with E-state index in [0.717, 1.165) is 45.8 Å². The van der Waals surface area contributed by atoms with Gasteiger partial charge in [-0.05, 0) is 48.4 Å². The molecule has 2 atom stereocenters. The molecule has 7 nitrogen and oxygen atoms in total. The van der Waals surface area contributed by atoms with Crippen LogP contribution in [-0.4, -0.2) is 39.4 Å². The quantitative estimate of drug-likeness (QED) is 0.343. The van der Waals surface area contributed by atoms with E-state index in [9.17, 15) is 4.79 Å². The van der Waals surface area contributed by atoms with Crippen molar-refractivity contribution in [1.82, 2.24) is 25.3 Å². The molecule has 3 heterocycles. The standard InChI is InChI=1S/C29H32N6O/c1-18(19(2)22-8-5-9-23-24(29(36)30-3)11-13-32-28(22)23)16-33-27-15-26(34-17-35-27)21-10-12-31-25(14-21)20-6-4-7-20/h5,8-15,17-20H,4,6-7,16H2,1-3H3,(H,30,36)(H,33,34,35)/t18-,19?/m1/s1. The van der Waals surface area contributed by atoms with E-state index < -0.39 is 0 Å². The summed E-state index contributed by atoms with van der Waals surface area (Å²) in [6.45, 7) is 5.17. The summed E-state index contributed by atoms with van der Waals surface area (Å²) in [7, 11) is 1.65. The molecule has 1 aromatic carbocycles. The van der Waals surface area contributed by atoms with E-state index in [1.54, 1.807) is 25.6 Å². The molecule has 4 aromatic rings. The van der Waals surface area contributed by atoms with Crippen LogP contribution in [0.5, 0.6) is 0 Å². The number of aromatic nitrogens is 4. The first-order chi connectivity index (χ1) is 17.5. The summed E-state index contributed by atoms with van der Waals surface area (Å²) >= 11 is 0. The number of amides is 1. The van der Waals surface area contributed by atoms with Crippen LogP contribution >= 0.6 is 0 Å². The summed E-state index contributed by atoms with van der Waals surface area (Å²) in [4.78, 5) is 30.5. The largest absolute Gasteiger partial charge is 0.370 e. The number of hydrogen-bond acceptors (Lipinski definition) is 6. The van der Waals surface area contributed by atoms with E-state index in [1.165, 1.54) is 19.3 Å². The van der Waals surface area contributed by atoms with Crippen LogP contribution in [0.2, 0.25) is 0 Å². The van der Waals surface area contributed by atoms with Gasteiger partial charge in [0.25, 0.3) is 5.91 Å². The lowest BCUT2D eigenvalue weighted by Gasteiger charge is -2.24. The van der Waals surface area contributed by atoms with Crippen molar-refractivity contribution in [3.63, 3.8) is 0 Å². The predicted octanol–water partition coefficient (Wildman–Crippen LogP) is 5.57. The number of nitrogens with zero attached hydrogens (tertiary/aromatic N) is 4. The van der Waals surface area contributed by atoms with Gasteiger partial charge in [0.2, 0.25) is 0 Å². The number of nitrogens with one attached hydrogen (secondary N) is 2. The minimum Gasteiger partial charge on any atom is -0.370 e. The summed E-state index contributed by atoms with van der Waals surface area (Å²) in [6.07, 6.45) is 8.95. The molecule has 184 valence electrons. The summed E-state index contributed by atoms with van der Waals surface area (Å²) < 4.78 is 0. The molecule has 7 heteroatoms. The van der Waals surface area contributed by atoms with Crippen LogP contribution in [0.25, 0.3) is 22.2 Å². The molecule has 3 aromatic heterocycles. The van der Waals surface area contributed by atoms with Gasteiger partial charge in [0.15, 0.2) is 0 Å². The second-order valence-electron chi connectivity index (χ2n) is 9.71. The molecule has 1 fully saturated rings. The Hall–Kier alpha value is -3.87. The number of fused-ring (bicyclic) bond motifs is 1. The number of carbonyl (C=O) groups is 1. The molecule has 0 aliphatic heterocycles. The molecule has 2 N–H and O–H groups in total. The third kappa shape index (κ3) is 4.78. The highest BCUT2D eigenvalue weighted by Crippen LogP contribution is 2.36. The average molecular weight is 481 g/mol. The van der Waals surface area contributed by atoms with Crippen molar-refractivity contribution in [1.29, 1.82) is 0 Å². The highest BCUT2D eigenvalue weighted by Gasteiger charge is 2.22. The second kappa shape index (κ2) is 10.4. The summed E-state index contributed by atoms with van der Waals surface area (Å²) in [6, 6.07) is 14.0. The van der Waals surface area contributed by atoms with Crippen molar-refractivity contribution in [2.75, 3.05) is 18.9 Å². The molecule has 0 bridgehead atoms. The lowest BCUT2D eigenvalue weighted by atomic mass is 9.82. The second-order valence-corrected chi connectivity index (χ2v) is 9.71. The predicted molar refractivity (Wildman–Crippen MR) is 143 cm³/mol. The van der Waals surface area contributed by atoms with E-state index in [0.29, 0.717) is 17.4 Å². The fraction of sp³-hybridized carbons (Fsp3) is 0.345. The van der Waals surface area contributed by atoms with Crippen LogP contribution < -0.4 is 10.6 Å². The van der Waals surface area contributed by atoms with Crippen molar-refractivity contribution in [2.45, 2.75) is 44.9 Å². The van der Waals surface area contributed by atoms with Gasteiger partial charge in [-0.1, -0.05) is 38.5 Å². The zero-order valence-corrected chi connectivity index (χ0v) is 21.0. The number of para-hydroxylation sites is 1. The van der Waals surface area contributed by atoms with Crippen molar-refractivity contribution in [3.05, 3.63) is 78.0 Å². The molecule has 36 heavy (non-hydrogen) atoms. The first kappa shape index (κ1) is 23.9. The Bertz CT molecular complexity index is 1380. The number of anilines is 1. The van der Waals surface area contributed by atoms with Crippen LogP contribution in [0.15, 0.2) is 61.2 Å². The Balaban J connectivity index is 1.31. The highest BCUT2D eigenvalue weighted by molar-refractivity contribution is 6.06. The van der Waals surface area contributed by atoms with Crippen molar-refractivity contribution < 1.29 is 4.79 Å². The van der Waals surface area contributed by atoms with Gasteiger partial charge in [-0.3, -0.25) is 14.8 Å². The lowest BCUT2D eigenvalue weighted by Crippen LogP contribution is -2.19. The molecule has 1 amide bonds. The molecule has 1 aliphatic rings. The van der Waals surface area contributed by atoms with Crippen molar-refractivity contribution >= 4 is 22.6 Å². The average Bonchev–Trinajstić information content (AvgIpc) is 2.89. The fourth-order valence-corrected chi connectivity index (χ4v) is 4.79. The summed E-state index contributed by atoms with van der Waals surface area (Å²) in [5.41, 5.74) is 5.80. The number of pyridine rings is 2. The molecule has 0 saturated heterocycles. The van der Waals surface area contributed by atoms with Gasteiger partial charge >= 0.3 is 0 Å². The molecule has 1 saturated carbocycles. The number of carbonyl (C=O) groups excluding carboxylic acids is 1. The van der Waals surface area contributed by atoms with Gasteiger partial charge in [-0.15, -0.1) is 0 Å². The van der Waals surface area contributed by atoms with Crippen LogP contribution in [0.1, 0.15) is 66.6 Å². The van der Waals surface area contributed by atoms with Gasteiger partial charge < -0.3 is 10.6 Å². The van der Waals surface area contributed by atoms with Crippen LogP contribution in [-0.2, 0) is 0 Å². The topological polar surface area (TPSA) is 92.7 Å². The zero-order chi connectivity index (χ0) is 25.1. The van der Waals surface area contributed by atoms with E-state index in [4.69, 9.17) is 0 Å². The number of benzene rings is 1. The van der Waals surface area contributed by atoms with Gasteiger partial charge in [-0.25, -0.2) is 9.97 Å². The maximum absolute atomic E-state index is 12.3. The summed E-state index contributed by atoms with van der Waals surface area (Å²) in [5.74, 6) is 1.81. The van der Waals surface area contributed by atoms with Crippen LogP contribution in [0.3, 0.4) is 0 Å². The Morgan fingerprint density at radius 1 is 1.03 bits per heavy atom. The molecular weight excluding hydrogens is 448 g/mol. The van der Waals surface area contributed by atoms with Crippen LogP contribution in [0.4, 0.5) is 5.82 Å². The normalized spacial score (nSPS) is 15.2. The van der Waals surface area contributed by atoms with Gasteiger partial charge in [0.05, 0.1) is 16.8 Å². The van der Waals surface area contributed by atoms with E-state index >= 15 is 0 Å². The Morgan fingerprint density at radius 3 is 2.64 bits per heavy atom. The molecule has 5 rings (SSSR count). The van der Waals surface area contributed by atoms with Crippen molar-refractivity contribution in [2.24, 2.45) is 5.92 Å². The Kier molecular flexibility index (Phi) is 6.89. The molecule has 0 spiro atoms. The van der Waals surface area contributed by atoms with Crippen LogP contribution in [0, 0.1) is 5.92 Å². The first-order valence-electron chi connectivity index (χ1n) is 12.7. The SMILES string of the molecule is CNC(=O)c1ccnc2c(C(C)[C@H](C)CNc3cc(-c4ccnc(C5CCC5)c4)ncn3)cccc12. The molecule has 0 radical (unpaired) electrons. The first-order valence-corrected chi connectivity index (χ1v) is 12.7. The van der Waals surface area contributed by atoms with E-state index in [1.807, 2.05) is 30.5 Å². The fourth-order valence-electron chi connectivity index (χ4n) is 4.79. The zero-order valence-electron chi connectivity index (χ0n) is 21.0. The van der Waals surface area contributed by atoms with Crippen molar-refractivity contribution in [3.8, 4) is 11.3 Å². The third-order valence-electron chi connectivity index (χ3n) is 7.49. The third-order valence-corrected chi connectivity index (χ3v) is 7.49. The van der Waals surface area contributed by atoms with E-state index in [2.05, 4.69) is 56.5 Å². The smallest absolute Gasteiger partial charge is 0.251 e. The number of rotatable bonds is 8. The maximum atomic E-state index is 12.3. The lowest BCUT2D eigenvalue weighted by molar-refractivity contribution is 0.0964. The number of hydrogen-bond donors (Lipinski definition) is 2. The molecule has 1 aliphatic carbocycles. The van der Waals surface area contributed by atoms with E-state index in [-0.39, 0.29) is 11.8 Å². The maximum Gasteiger partial charge on any atom is 0.251 e. The van der Waals surface area contributed by atoms with Gasteiger partial charge in [0.1, 0.15) is 12.1 Å². The Morgan fingerprint density at radius 2 is 1.86 bits per heavy atom. The van der Waals surface area contributed by atoms with Gasteiger partial charge in [0, 0.05) is 54.6 Å².